The van der Waals surface area contributed by atoms with E-state index >= 15 is 0 Å². The number of aromatic nitrogens is 1. The van der Waals surface area contributed by atoms with Crippen molar-refractivity contribution < 1.29 is 18.3 Å². The summed E-state index contributed by atoms with van der Waals surface area (Å²) in [5.74, 6) is -0.972. The third kappa shape index (κ3) is 3.55. The Hall–Kier alpha value is -3.36. The van der Waals surface area contributed by atoms with Crippen LogP contribution in [0.4, 0.5) is 5.69 Å². The molecule has 0 fully saturated rings. The van der Waals surface area contributed by atoms with Crippen LogP contribution >= 0.6 is 0 Å². The zero-order valence-corrected chi connectivity index (χ0v) is 16.1. The maximum absolute atomic E-state index is 11.6. The molecule has 29 heavy (non-hydrogen) atoms. The van der Waals surface area contributed by atoms with Gasteiger partial charge in [0.05, 0.1) is 10.6 Å². The average Bonchev–Trinajstić information content (AvgIpc) is 3.11. The minimum Gasteiger partial charge on any atom is -0.480 e. The van der Waals surface area contributed by atoms with Gasteiger partial charge in [0, 0.05) is 34.3 Å². The second-order valence-corrected chi connectivity index (χ2v) is 8.42. The second kappa shape index (κ2) is 7.23. The third-order valence-electron chi connectivity index (χ3n) is 4.85. The summed E-state index contributed by atoms with van der Waals surface area (Å²) in [6, 6.07) is 17.8. The quantitative estimate of drug-likeness (QED) is 0.414. The first-order chi connectivity index (χ1) is 13.9. The molecule has 2 aliphatic heterocycles. The Morgan fingerprint density at radius 1 is 0.966 bits per heavy atom. The molecule has 8 heteroatoms. The molecule has 2 aliphatic rings. The number of rotatable bonds is 3. The van der Waals surface area contributed by atoms with Crippen LogP contribution in [-0.2, 0) is 21.2 Å². The van der Waals surface area contributed by atoms with Crippen molar-refractivity contribution in [3.63, 3.8) is 0 Å². The number of nitrogens with two attached hydrogens (primary N) is 1. The average molecular weight is 409 g/mol. The van der Waals surface area contributed by atoms with Gasteiger partial charge in [-0.1, -0.05) is 42.5 Å². The van der Waals surface area contributed by atoms with Crippen molar-refractivity contribution in [1.82, 2.24) is 4.98 Å². The van der Waals surface area contributed by atoms with Gasteiger partial charge in [-0.05, 0) is 23.8 Å². The van der Waals surface area contributed by atoms with E-state index in [1.54, 1.807) is 12.1 Å². The molecule has 0 saturated carbocycles. The standard InChI is InChI=1S/C11H12N2O2.C10H7NO2S/c12-9(11(14)15)5-7-6-13-10-4-2-1-3-8(7)10;12-14(13)10-6-5-9(11-14)7-3-1-2-4-8(7)10/h1-4,6,9,13H,5,12H2,(H,14,15);1-6,11H/t9-;/m0./s1. The Labute approximate surface area is 167 Å². The number of aliphatic carboxylic acids is 1. The number of hydrogen-bond acceptors (Lipinski definition) is 4. The SMILES string of the molecule is N[C@@H](Cc1c[nH]c2ccccc12)C(=O)O.O=S1(=O)Nc2ccc1c1ccccc21. The Morgan fingerprint density at radius 3 is 2.31 bits per heavy atom. The summed E-state index contributed by atoms with van der Waals surface area (Å²) in [6.07, 6.45) is 2.16. The number of benzene rings is 3. The van der Waals surface area contributed by atoms with E-state index in [9.17, 15) is 13.2 Å². The minimum atomic E-state index is -3.29. The van der Waals surface area contributed by atoms with Crippen molar-refractivity contribution in [3.05, 3.63) is 72.4 Å². The van der Waals surface area contributed by atoms with E-state index in [1.165, 1.54) is 0 Å². The summed E-state index contributed by atoms with van der Waals surface area (Å²) in [5, 5.41) is 11.5. The molecule has 1 atom stereocenters. The minimum absolute atomic E-state index is 0.347. The molecule has 0 aliphatic carbocycles. The van der Waals surface area contributed by atoms with E-state index in [-0.39, 0.29) is 0 Å². The first-order valence-electron chi connectivity index (χ1n) is 8.95. The van der Waals surface area contributed by atoms with Crippen LogP contribution in [0.25, 0.3) is 21.7 Å². The Bertz CT molecular complexity index is 1330. The first-order valence-corrected chi connectivity index (χ1v) is 10.4. The maximum Gasteiger partial charge on any atom is 0.320 e. The molecule has 0 amide bonds. The van der Waals surface area contributed by atoms with E-state index < -0.39 is 22.0 Å². The molecule has 0 radical (unpaired) electrons. The zero-order chi connectivity index (χ0) is 20.6. The predicted molar refractivity (Wildman–Crippen MR) is 112 cm³/mol. The third-order valence-corrected chi connectivity index (χ3v) is 6.27. The number of anilines is 1. The number of hydrogen-bond donors (Lipinski definition) is 4. The molecule has 0 spiro atoms. The van der Waals surface area contributed by atoms with Crippen LogP contribution in [-0.4, -0.2) is 30.5 Å². The number of aromatic amines is 1. The smallest absolute Gasteiger partial charge is 0.320 e. The fraction of sp³-hybridized carbons (Fsp3) is 0.0952. The summed E-state index contributed by atoms with van der Waals surface area (Å²) >= 11 is 0. The first kappa shape index (κ1) is 19.0. The van der Waals surface area contributed by atoms with E-state index in [0.29, 0.717) is 17.0 Å². The molecular weight excluding hydrogens is 390 g/mol. The van der Waals surface area contributed by atoms with Crippen LogP contribution in [0.15, 0.2) is 71.8 Å². The molecule has 1 aromatic heterocycles. The molecule has 4 aromatic rings. The number of nitrogens with one attached hydrogen (secondary N) is 2. The largest absolute Gasteiger partial charge is 0.480 e. The Balaban J connectivity index is 0.000000141. The number of carbonyl (C=O) groups is 1. The number of carboxylic acids is 1. The fourth-order valence-electron chi connectivity index (χ4n) is 3.42. The lowest BCUT2D eigenvalue weighted by Crippen LogP contribution is -2.32. The molecule has 148 valence electrons. The molecule has 7 nitrogen and oxygen atoms in total. The van der Waals surface area contributed by atoms with Crippen molar-refractivity contribution in [3.8, 4) is 0 Å². The Morgan fingerprint density at radius 2 is 1.62 bits per heavy atom. The van der Waals surface area contributed by atoms with Crippen molar-refractivity contribution in [2.75, 3.05) is 4.72 Å². The normalized spacial score (nSPS) is 14.8. The second-order valence-electron chi connectivity index (χ2n) is 6.77. The van der Waals surface area contributed by atoms with Gasteiger partial charge in [0.15, 0.2) is 0 Å². The van der Waals surface area contributed by atoms with Crippen LogP contribution < -0.4 is 10.5 Å². The van der Waals surface area contributed by atoms with Gasteiger partial charge in [0.1, 0.15) is 6.04 Å². The van der Waals surface area contributed by atoms with Crippen LogP contribution in [0.5, 0.6) is 0 Å². The number of sulfonamides is 1. The number of para-hydroxylation sites is 1. The lowest BCUT2D eigenvalue weighted by molar-refractivity contribution is -0.138. The van der Waals surface area contributed by atoms with Crippen LogP contribution in [0.2, 0.25) is 0 Å². The number of H-pyrrole nitrogens is 1. The Kier molecular flexibility index (Phi) is 4.73. The highest BCUT2D eigenvalue weighted by atomic mass is 32.2. The highest BCUT2D eigenvalue weighted by molar-refractivity contribution is 7.93. The summed E-state index contributed by atoms with van der Waals surface area (Å²) < 4.78 is 25.7. The fourth-order valence-corrected chi connectivity index (χ4v) is 4.71. The monoisotopic (exact) mass is 409 g/mol. The predicted octanol–water partition coefficient (Wildman–Crippen LogP) is 3.08. The topological polar surface area (TPSA) is 125 Å². The molecule has 3 aromatic carbocycles. The van der Waals surface area contributed by atoms with Crippen LogP contribution in [0.1, 0.15) is 5.56 Å². The van der Waals surface area contributed by atoms with Crippen molar-refractivity contribution in [2.45, 2.75) is 17.4 Å². The van der Waals surface area contributed by atoms with E-state index in [4.69, 9.17) is 10.8 Å². The van der Waals surface area contributed by atoms with Gasteiger partial charge in [-0.2, -0.15) is 0 Å². The molecule has 2 bridgehead atoms. The maximum atomic E-state index is 11.6. The van der Waals surface area contributed by atoms with Gasteiger partial charge in [-0.25, -0.2) is 8.42 Å². The summed E-state index contributed by atoms with van der Waals surface area (Å²) in [7, 11) is -3.29. The van der Waals surface area contributed by atoms with E-state index in [2.05, 4.69) is 9.71 Å². The van der Waals surface area contributed by atoms with Gasteiger partial charge >= 0.3 is 5.97 Å². The summed E-state index contributed by atoms with van der Waals surface area (Å²) in [4.78, 5) is 14.1. The van der Waals surface area contributed by atoms with E-state index in [1.807, 2.05) is 54.7 Å². The number of carboxylic acid groups (broad SMARTS) is 1. The lowest BCUT2D eigenvalue weighted by Gasteiger charge is -2.19. The van der Waals surface area contributed by atoms with Gasteiger partial charge in [-0.3, -0.25) is 9.52 Å². The molecule has 0 saturated heterocycles. The zero-order valence-electron chi connectivity index (χ0n) is 15.3. The molecule has 0 unspecified atom stereocenters. The molecular formula is C21H19N3O4S. The van der Waals surface area contributed by atoms with Crippen LogP contribution in [0.3, 0.4) is 0 Å². The highest BCUT2D eigenvalue weighted by Gasteiger charge is 2.24. The van der Waals surface area contributed by atoms with Gasteiger partial charge in [0.2, 0.25) is 0 Å². The van der Waals surface area contributed by atoms with Crippen molar-refractivity contribution in [2.24, 2.45) is 5.73 Å². The number of fused-ring (bicyclic) bond motifs is 3. The van der Waals surface area contributed by atoms with E-state index in [0.717, 1.165) is 27.2 Å². The van der Waals surface area contributed by atoms with Gasteiger partial charge in [0.25, 0.3) is 10.0 Å². The summed E-state index contributed by atoms with van der Waals surface area (Å²) in [6.45, 7) is 0. The molecule has 6 rings (SSSR count). The highest BCUT2D eigenvalue weighted by Crippen LogP contribution is 2.35. The van der Waals surface area contributed by atoms with Crippen LogP contribution in [0, 0.1) is 0 Å². The molecule has 3 heterocycles. The van der Waals surface area contributed by atoms with Gasteiger partial charge in [-0.15, -0.1) is 0 Å². The lowest BCUT2D eigenvalue weighted by atomic mass is 10.1. The van der Waals surface area contributed by atoms with Gasteiger partial charge < -0.3 is 15.8 Å². The van der Waals surface area contributed by atoms with Crippen molar-refractivity contribution in [1.29, 1.82) is 0 Å². The molecule has 5 N–H and O–H groups in total. The summed E-state index contributed by atoms with van der Waals surface area (Å²) in [5.41, 5.74) is 8.10. The van der Waals surface area contributed by atoms with Crippen molar-refractivity contribution >= 4 is 43.4 Å².